The third-order valence-corrected chi connectivity index (χ3v) is 4.55. The molecule has 0 saturated carbocycles. The summed E-state index contributed by atoms with van der Waals surface area (Å²) >= 11 is 6.32. The summed E-state index contributed by atoms with van der Waals surface area (Å²) in [5.74, 6) is 0.857. The molecule has 108 valence electrons. The summed E-state index contributed by atoms with van der Waals surface area (Å²) in [6, 6.07) is 6.31. The third-order valence-electron chi connectivity index (χ3n) is 4.27. The number of likely N-dealkylation sites (tertiary alicyclic amines) is 1. The lowest BCUT2D eigenvalue weighted by Crippen LogP contribution is -2.24. The van der Waals surface area contributed by atoms with E-state index in [0.29, 0.717) is 5.28 Å². The van der Waals surface area contributed by atoms with Crippen molar-refractivity contribution in [2.75, 3.05) is 13.1 Å². The number of fused-ring (bicyclic) bond motifs is 1. The van der Waals surface area contributed by atoms with Crippen LogP contribution in [-0.2, 0) is 6.67 Å². The van der Waals surface area contributed by atoms with Crippen LogP contribution in [0.15, 0.2) is 18.2 Å². The van der Waals surface area contributed by atoms with Crippen molar-refractivity contribution in [3.05, 3.63) is 29.0 Å². The molecule has 4 heteroatoms. The second kappa shape index (κ2) is 5.74. The molecule has 20 heavy (non-hydrogen) atoms. The maximum absolute atomic E-state index is 6.32. The molecule has 3 nitrogen and oxygen atoms in total. The number of benzene rings is 1. The maximum atomic E-state index is 6.32. The number of hydrogen-bond acceptors (Lipinski definition) is 2. The van der Waals surface area contributed by atoms with Gasteiger partial charge in [0.25, 0.3) is 0 Å². The zero-order valence-corrected chi connectivity index (χ0v) is 13.0. The molecule has 0 N–H and O–H groups in total. The van der Waals surface area contributed by atoms with Crippen molar-refractivity contribution in [1.82, 2.24) is 14.5 Å². The lowest BCUT2D eigenvalue weighted by Gasteiger charge is -2.18. The van der Waals surface area contributed by atoms with E-state index in [0.717, 1.165) is 23.6 Å². The van der Waals surface area contributed by atoms with Crippen molar-refractivity contribution in [2.45, 2.75) is 39.8 Å². The Kier molecular flexibility index (Phi) is 3.99. The number of nitrogens with zero attached hydrogens (tertiary/aromatic N) is 3. The molecule has 0 spiro atoms. The van der Waals surface area contributed by atoms with Gasteiger partial charge in [-0.15, -0.1) is 0 Å². The Hall–Kier alpha value is -1.06. The van der Waals surface area contributed by atoms with Crippen LogP contribution < -0.4 is 0 Å². The summed E-state index contributed by atoms with van der Waals surface area (Å²) < 4.78 is 2.14. The first-order valence-electron chi connectivity index (χ1n) is 7.52. The number of halogens is 1. The molecule has 1 aliphatic heterocycles. The zero-order valence-electron chi connectivity index (χ0n) is 12.3. The maximum Gasteiger partial charge on any atom is 0.204 e. The molecule has 1 atom stereocenters. The van der Waals surface area contributed by atoms with Crippen LogP contribution in [0.2, 0.25) is 5.28 Å². The van der Waals surface area contributed by atoms with E-state index in [1.54, 1.807) is 0 Å². The SMILES string of the molecule is CCCC1CCN(Cn2c(Cl)nc3ccc(C)cc32)C1. The molecule has 3 rings (SSSR count). The number of rotatable bonds is 4. The molecular formula is C16H22ClN3. The summed E-state index contributed by atoms with van der Waals surface area (Å²) in [5, 5.41) is 0.601. The minimum atomic E-state index is 0.601. The molecule has 2 heterocycles. The van der Waals surface area contributed by atoms with Gasteiger partial charge in [-0.1, -0.05) is 19.4 Å². The Morgan fingerprint density at radius 3 is 3.05 bits per heavy atom. The van der Waals surface area contributed by atoms with Gasteiger partial charge in [-0.05, 0) is 55.0 Å². The Morgan fingerprint density at radius 2 is 2.25 bits per heavy atom. The van der Waals surface area contributed by atoms with Gasteiger partial charge >= 0.3 is 0 Å². The Morgan fingerprint density at radius 1 is 1.40 bits per heavy atom. The normalized spacial score (nSPS) is 20.1. The molecule has 1 aromatic carbocycles. The molecule has 0 amide bonds. The van der Waals surface area contributed by atoms with Gasteiger partial charge in [0.2, 0.25) is 5.28 Å². The quantitative estimate of drug-likeness (QED) is 0.846. The van der Waals surface area contributed by atoms with Gasteiger partial charge in [-0.25, -0.2) is 4.98 Å². The highest BCUT2D eigenvalue weighted by molar-refractivity contribution is 6.29. The molecule has 1 unspecified atom stereocenters. The molecule has 1 saturated heterocycles. The van der Waals surface area contributed by atoms with Crippen LogP contribution >= 0.6 is 11.6 Å². The van der Waals surface area contributed by atoms with Crippen LogP contribution in [0.1, 0.15) is 31.7 Å². The number of imidazole rings is 1. The van der Waals surface area contributed by atoms with Gasteiger partial charge in [-0.2, -0.15) is 0 Å². The lowest BCUT2D eigenvalue weighted by molar-refractivity contribution is 0.261. The van der Waals surface area contributed by atoms with Crippen LogP contribution in [0.4, 0.5) is 0 Å². The molecular weight excluding hydrogens is 270 g/mol. The topological polar surface area (TPSA) is 21.1 Å². The van der Waals surface area contributed by atoms with Gasteiger partial charge in [0.1, 0.15) is 0 Å². The van der Waals surface area contributed by atoms with E-state index in [-0.39, 0.29) is 0 Å². The number of aromatic nitrogens is 2. The van der Waals surface area contributed by atoms with Crippen molar-refractivity contribution in [3.8, 4) is 0 Å². The molecule has 1 aliphatic rings. The summed E-state index contributed by atoms with van der Waals surface area (Å²) in [7, 11) is 0. The van der Waals surface area contributed by atoms with Crippen molar-refractivity contribution < 1.29 is 0 Å². The van der Waals surface area contributed by atoms with E-state index in [2.05, 4.69) is 46.5 Å². The van der Waals surface area contributed by atoms with Gasteiger partial charge < -0.3 is 4.57 Å². The monoisotopic (exact) mass is 291 g/mol. The van der Waals surface area contributed by atoms with Gasteiger partial charge in [0, 0.05) is 13.1 Å². The van der Waals surface area contributed by atoms with E-state index in [1.807, 2.05) is 0 Å². The van der Waals surface area contributed by atoms with E-state index >= 15 is 0 Å². The zero-order chi connectivity index (χ0) is 14.1. The summed E-state index contributed by atoms with van der Waals surface area (Å²) in [6.45, 7) is 7.60. The fourth-order valence-corrected chi connectivity index (χ4v) is 3.46. The third kappa shape index (κ3) is 2.70. The predicted molar refractivity (Wildman–Crippen MR) is 84.1 cm³/mol. The second-order valence-electron chi connectivity index (χ2n) is 5.96. The molecule has 1 fully saturated rings. The van der Waals surface area contributed by atoms with Crippen molar-refractivity contribution in [3.63, 3.8) is 0 Å². The highest BCUT2D eigenvalue weighted by Crippen LogP contribution is 2.25. The standard InChI is InChI=1S/C16H22ClN3/c1-3-4-13-7-8-19(10-13)11-20-15-9-12(2)5-6-14(15)18-16(20)17/h5-6,9,13H,3-4,7-8,10-11H2,1-2H3. The fraction of sp³-hybridized carbons (Fsp3) is 0.562. The molecule has 0 radical (unpaired) electrons. The van der Waals surface area contributed by atoms with E-state index < -0.39 is 0 Å². The van der Waals surface area contributed by atoms with Crippen LogP contribution in [0.3, 0.4) is 0 Å². The number of hydrogen-bond donors (Lipinski definition) is 0. The fourth-order valence-electron chi connectivity index (χ4n) is 3.22. The van der Waals surface area contributed by atoms with E-state index in [9.17, 15) is 0 Å². The van der Waals surface area contributed by atoms with Gasteiger partial charge in [0.15, 0.2) is 0 Å². The van der Waals surface area contributed by atoms with Crippen LogP contribution in [-0.4, -0.2) is 27.5 Å². The minimum absolute atomic E-state index is 0.601. The van der Waals surface area contributed by atoms with Crippen molar-refractivity contribution >= 4 is 22.6 Å². The first-order valence-corrected chi connectivity index (χ1v) is 7.90. The second-order valence-corrected chi connectivity index (χ2v) is 6.30. The van der Waals surface area contributed by atoms with Crippen LogP contribution in [0, 0.1) is 12.8 Å². The van der Waals surface area contributed by atoms with E-state index in [1.165, 1.54) is 37.9 Å². The average Bonchev–Trinajstić information content (AvgIpc) is 2.97. The summed E-state index contributed by atoms with van der Waals surface area (Å²) in [5.41, 5.74) is 3.39. The average molecular weight is 292 g/mol. The van der Waals surface area contributed by atoms with Crippen molar-refractivity contribution in [1.29, 1.82) is 0 Å². The summed E-state index contributed by atoms with van der Waals surface area (Å²) in [4.78, 5) is 6.95. The summed E-state index contributed by atoms with van der Waals surface area (Å²) in [6.07, 6.45) is 3.94. The van der Waals surface area contributed by atoms with Gasteiger partial charge in [-0.3, -0.25) is 4.90 Å². The Bertz CT molecular complexity index is 605. The first kappa shape index (κ1) is 13.9. The predicted octanol–water partition coefficient (Wildman–Crippen LogP) is 4.08. The molecule has 0 bridgehead atoms. The van der Waals surface area contributed by atoms with Crippen LogP contribution in [0.5, 0.6) is 0 Å². The lowest BCUT2D eigenvalue weighted by atomic mass is 10.0. The van der Waals surface area contributed by atoms with E-state index in [4.69, 9.17) is 11.6 Å². The largest absolute Gasteiger partial charge is 0.301 e. The molecule has 0 aliphatic carbocycles. The highest BCUT2D eigenvalue weighted by atomic mass is 35.5. The molecule has 1 aromatic heterocycles. The minimum Gasteiger partial charge on any atom is -0.301 e. The number of aryl methyl sites for hydroxylation is 1. The highest BCUT2D eigenvalue weighted by Gasteiger charge is 2.23. The first-order chi connectivity index (χ1) is 9.67. The van der Waals surface area contributed by atoms with Gasteiger partial charge in [0.05, 0.1) is 17.7 Å². The van der Waals surface area contributed by atoms with Crippen LogP contribution in [0.25, 0.3) is 11.0 Å². The van der Waals surface area contributed by atoms with Crippen molar-refractivity contribution in [2.24, 2.45) is 5.92 Å². The smallest absolute Gasteiger partial charge is 0.204 e. The Balaban J connectivity index is 1.81. The Labute approximate surface area is 125 Å². The molecule has 2 aromatic rings.